The molecule has 2 saturated carbocycles. The Kier molecular flexibility index (Phi) is 6.46. The van der Waals surface area contributed by atoms with E-state index in [9.17, 15) is 0 Å². The molecule has 0 spiro atoms. The summed E-state index contributed by atoms with van der Waals surface area (Å²) in [5.41, 5.74) is 5.89. The fourth-order valence-electron chi connectivity index (χ4n) is 3.19. The van der Waals surface area contributed by atoms with Crippen molar-refractivity contribution in [1.82, 2.24) is 5.32 Å². The van der Waals surface area contributed by atoms with Crippen molar-refractivity contribution >= 4 is 0 Å². The minimum absolute atomic E-state index is 0.429. The Bertz CT molecular complexity index is 209. The van der Waals surface area contributed by atoms with Crippen LogP contribution in [0.4, 0.5) is 0 Å². The Morgan fingerprint density at radius 2 is 1.67 bits per heavy atom. The summed E-state index contributed by atoms with van der Waals surface area (Å²) in [6, 6.07) is 1.21. The van der Waals surface area contributed by atoms with Gasteiger partial charge >= 0.3 is 0 Å². The zero-order chi connectivity index (χ0) is 12.6. The van der Waals surface area contributed by atoms with E-state index in [1.807, 2.05) is 0 Å². The highest BCUT2D eigenvalue weighted by atomic mass is 16.5. The lowest BCUT2D eigenvalue weighted by Gasteiger charge is -2.26. The molecule has 0 radical (unpaired) electrons. The average Bonchev–Trinajstić information content (AvgIpc) is 2.42. The predicted octanol–water partition coefficient (Wildman–Crippen LogP) is 2.59. The summed E-state index contributed by atoms with van der Waals surface area (Å²) in [4.78, 5) is 0. The second-order valence-electron chi connectivity index (χ2n) is 6.05. The average molecular weight is 254 g/mol. The van der Waals surface area contributed by atoms with Crippen LogP contribution in [-0.2, 0) is 4.74 Å². The first-order chi connectivity index (χ1) is 8.84. The van der Waals surface area contributed by atoms with Gasteiger partial charge in [-0.05, 0) is 51.5 Å². The van der Waals surface area contributed by atoms with Gasteiger partial charge < -0.3 is 15.8 Å². The van der Waals surface area contributed by atoms with Crippen molar-refractivity contribution in [3.8, 4) is 0 Å². The van der Waals surface area contributed by atoms with Crippen molar-refractivity contribution in [2.24, 2.45) is 5.73 Å². The lowest BCUT2D eigenvalue weighted by Crippen LogP contribution is -2.33. The van der Waals surface area contributed by atoms with E-state index in [4.69, 9.17) is 10.5 Å². The van der Waals surface area contributed by atoms with E-state index in [1.165, 1.54) is 32.1 Å². The highest BCUT2D eigenvalue weighted by molar-refractivity contribution is 4.75. The molecule has 3 heteroatoms. The van der Waals surface area contributed by atoms with Gasteiger partial charge in [0.05, 0.1) is 6.10 Å². The lowest BCUT2D eigenvalue weighted by molar-refractivity contribution is 0.0238. The Morgan fingerprint density at radius 3 is 2.39 bits per heavy atom. The second kappa shape index (κ2) is 8.13. The number of ether oxygens (including phenoxy) is 1. The van der Waals surface area contributed by atoms with Crippen LogP contribution in [0.15, 0.2) is 0 Å². The van der Waals surface area contributed by atoms with Gasteiger partial charge in [-0.15, -0.1) is 0 Å². The van der Waals surface area contributed by atoms with Crippen molar-refractivity contribution in [1.29, 1.82) is 0 Å². The predicted molar refractivity (Wildman–Crippen MR) is 75.7 cm³/mol. The molecule has 2 aliphatic carbocycles. The first kappa shape index (κ1) is 14.3. The third-order valence-electron chi connectivity index (χ3n) is 4.43. The molecule has 0 aromatic heterocycles. The summed E-state index contributed by atoms with van der Waals surface area (Å²) in [5, 5.41) is 3.67. The van der Waals surface area contributed by atoms with Gasteiger partial charge in [-0.3, -0.25) is 0 Å². The standard InChI is InChI=1S/C15H30N2O/c16-13-7-9-15(10-8-13)18-12-4-11-17-14-5-2-1-3-6-14/h13-15,17H,1-12,16H2. The summed E-state index contributed by atoms with van der Waals surface area (Å²) >= 11 is 0. The third kappa shape index (κ3) is 5.25. The Balaban J connectivity index is 1.43. The molecule has 0 unspecified atom stereocenters. The minimum atomic E-state index is 0.429. The van der Waals surface area contributed by atoms with Crippen LogP contribution >= 0.6 is 0 Å². The molecule has 0 aromatic rings. The van der Waals surface area contributed by atoms with Gasteiger partial charge in [0, 0.05) is 18.7 Å². The van der Waals surface area contributed by atoms with Crippen LogP contribution in [0.1, 0.15) is 64.2 Å². The summed E-state index contributed by atoms with van der Waals surface area (Å²) in [6.07, 6.45) is 13.3. The van der Waals surface area contributed by atoms with Crippen LogP contribution in [0.2, 0.25) is 0 Å². The van der Waals surface area contributed by atoms with Gasteiger partial charge in [-0.25, -0.2) is 0 Å². The number of hydrogen-bond acceptors (Lipinski definition) is 3. The monoisotopic (exact) mass is 254 g/mol. The molecule has 0 heterocycles. The highest BCUT2D eigenvalue weighted by Gasteiger charge is 2.18. The number of nitrogens with one attached hydrogen (secondary N) is 1. The van der Waals surface area contributed by atoms with Crippen LogP contribution in [-0.4, -0.2) is 31.3 Å². The SMILES string of the molecule is NC1CCC(OCCCNC2CCCCC2)CC1. The van der Waals surface area contributed by atoms with Gasteiger partial charge in [0.1, 0.15) is 0 Å². The largest absolute Gasteiger partial charge is 0.378 e. The topological polar surface area (TPSA) is 47.3 Å². The molecule has 2 aliphatic rings. The normalized spacial score (nSPS) is 30.5. The van der Waals surface area contributed by atoms with E-state index in [0.29, 0.717) is 12.1 Å². The first-order valence-electron chi connectivity index (χ1n) is 7.95. The molecular weight excluding hydrogens is 224 g/mol. The molecule has 0 saturated heterocycles. The zero-order valence-corrected chi connectivity index (χ0v) is 11.7. The first-order valence-corrected chi connectivity index (χ1v) is 7.95. The third-order valence-corrected chi connectivity index (χ3v) is 4.43. The molecule has 0 aliphatic heterocycles. The molecular formula is C15H30N2O. The maximum Gasteiger partial charge on any atom is 0.0576 e. The summed E-state index contributed by atoms with van der Waals surface area (Å²) in [6.45, 7) is 2.04. The summed E-state index contributed by atoms with van der Waals surface area (Å²) < 4.78 is 5.93. The van der Waals surface area contributed by atoms with Crippen molar-refractivity contribution < 1.29 is 4.74 Å². The summed E-state index contributed by atoms with van der Waals surface area (Å²) in [7, 11) is 0. The summed E-state index contributed by atoms with van der Waals surface area (Å²) in [5.74, 6) is 0. The van der Waals surface area contributed by atoms with E-state index < -0.39 is 0 Å². The molecule has 3 N–H and O–H groups in total. The van der Waals surface area contributed by atoms with E-state index in [2.05, 4.69) is 5.32 Å². The maximum absolute atomic E-state index is 5.93. The van der Waals surface area contributed by atoms with Gasteiger partial charge in [0.2, 0.25) is 0 Å². The van der Waals surface area contributed by atoms with Gasteiger partial charge in [0.15, 0.2) is 0 Å². The Hall–Kier alpha value is -0.120. The minimum Gasteiger partial charge on any atom is -0.378 e. The number of nitrogens with two attached hydrogens (primary N) is 1. The molecule has 0 bridgehead atoms. The van der Waals surface area contributed by atoms with Gasteiger partial charge in [0.25, 0.3) is 0 Å². The van der Waals surface area contributed by atoms with Crippen molar-refractivity contribution in [3.63, 3.8) is 0 Å². The van der Waals surface area contributed by atoms with Crippen LogP contribution < -0.4 is 11.1 Å². The van der Waals surface area contributed by atoms with Crippen molar-refractivity contribution in [2.45, 2.75) is 82.4 Å². The highest BCUT2D eigenvalue weighted by Crippen LogP contribution is 2.20. The van der Waals surface area contributed by atoms with Crippen LogP contribution in [0, 0.1) is 0 Å². The quantitative estimate of drug-likeness (QED) is 0.716. The molecule has 2 fully saturated rings. The lowest BCUT2D eigenvalue weighted by atomic mass is 9.94. The van der Waals surface area contributed by atoms with Crippen molar-refractivity contribution in [3.05, 3.63) is 0 Å². The van der Waals surface area contributed by atoms with Crippen LogP contribution in [0.5, 0.6) is 0 Å². The molecule has 106 valence electrons. The molecule has 18 heavy (non-hydrogen) atoms. The number of rotatable bonds is 6. The molecule has 0 atom stereocenters. The fraction of sp³-hybridized carbons (Fsp3) is 1.00. The Morgan fingerprint density at radius 1 is 0.944 bits per heavy atom. The second-order valence-corrected chi connectivity index (χ2v) is 6.05. The zero-order valence-electron chi connectivity index (χ0n) is 11.7. The van der Waals surface area contributed by atoms with Gasteiger partial charge in [-0.2, -0.15) is 0 Å². The van der Waals surface area contributed by atoms with Crippen LogP contribution in [0.3, 0.4) is 0 Å². The van der Waals surface area contributed by atoms with E-state index in [1.54, 1.807) is 0 Å². The van der Waals surface area contributed by atoms with E-state index in [0.717, 1.165) is 51.3 Å². The molecule has 2 rings (SSSR count). The smallest absolute Gasteiger partial charge is 0.0576 e. The maximum atomic E-state index is 5.93. The van der Waals surface area contributed by atoms with E-state index >= 15 is 0 Å². The van der Waals surface area contributed by atoms with E-state index in [-0.39, 0.29) is 0 Å². The molecule has 0 amide bonds. The Labute approximate surface area is 112 Å². The van der Waals surface area contributed by atoms with Crippen molar-refractivity contribution in [2.75, 3.05) is 13.2 Å². The molecule has 0 aromatic carbocycles. The molecule has 3 nitrogen and oxygen atoms in total. The van der Waals surface area contributed by atoms with Gasteiger partial charge in [-0.1, -0.05) is 19.3 Å². The van der Waals surface area contributed by atoms with Crippen LogP contribution in [0.25, 0.3) is 0 Å². The number of hydrogen-bond donors (Lipinski definition) is 2. The fourth-order valence-corrected chi connectivity index (χ4v) is 3.19.